The maximum Gasteiger partial charge on any atom is 0.317 e. The van der Waals surface area contributed by atoms with Crippen molar-refractivity contribution in [2.45, 2.75) is 4.90 Å². The van der Waals surface area contributed by atoms with E-state index < -0.39 is 5.97 Å². The summed E-state index contributed by atoms with van der Waals surface area (Å²) in [5.74, 6) is -0.263. The summed E-state index contributed by atoms with van der Waals surface area (Å²) in [6.45, 7) is 2.55. The lowest BCUT2D eigenvalue weighted by atomic mass is 10.3. The van der Waals surface area contributed by atoms with Gasteiger partial charge in [0.25, 0.3) is 0 Å². The topological polar surface area (TPSA) is 60.9 Å². The maximum atomic E-state index is 12.1. The molecule has 1 aromatic rings. The molecule has 0 unspecified atom stereocenters. The highest BCUT2D eigenvalue weighted by Gasteiger charge is 2.21. The fourth-order valence-electron chi connectivity index (χ4n) is 2.10. The van der Waals surface area contributed by atoms with E-state index in [9.17, 15) is 9.59 Å². The molecule has 0 saturated carbocycles. The van der Waals surface area contributed by atoms with Gasteiger partial charge in [-0.3, -0.25) is 14.5 Å². The van der Waals surface area contributed by atoms with Crippen LogP contribution in [0.25, 0.3) is 0 Å². The third-order valence-electron chi connectivity index (χ3n) is 3.19. The zero-order chi connectivity index (χ0) is 14.4. The van der Waals surface area contributed by atoms with Crippen molar-refractivity contribution in [3.05, 3.63) is 30.3 Å². The van der Waals surface area contributed by atoms with Gasteiger partial charge in [0.2, 0.25) is 5.91 Å². The Morgan fingerprint density at radius 2 is 1.75 bits per heavy atom. The summed E-state index contributed by atoms with van der Waals surface area (Å²) in [5.41, 5.74) is 0. The normalized spacial score (nSPS) is 16.1. The molecule has 1 aliphatic heterocycles. The van der Waals surface area contributed by atoms with Crippen LogP contribution in [0.1, 0.15) is 0 Å². The summed E-state index contributed by atoms with van der Waals surface area (Å²) < 4.78 is 0. The number of hydrogen-bond donors (Lipinski definition) is 1. The molecule has 20 heavy (non-hydrogen) atoms. The van der Waals surface area contributed by atoms with Crippen LogP contribution in [0.5, 0.6) is 0 Å². The van der Waals surface area contributed by atoms with Gasteiger partial charge in [-0.15, -0.1) is 11.8 Å². The summed E-state index contributed by atoms with van der Waals surface area (Å²) in [5, 5.41) is 8.73. The van der Waals surface area contributed by atoms with Crippen LogP contribution in [0.3, 0.4) is 0 Å². The molecule has 0 radical (unpaired) electrons. The van der Waals surface area contributed by atoms with Crippen molar-refractivity contribution in [3.63, 3.8) is 0 Å². The van der Waals surface area contributed by atoms with Gasteiger partial charge in [0.1, 0.15) is 0 Å². The van der Waals surface area contributed by atoms with E-state index in [0.29, 0.717) is 31.9 Å². The molecule has 1 aliphatic rings. The number of aliphatic carboxylic acids is 1. The molecule has 1 aromatic carbocycles. The van der Waals surface area contributed by atoms with Crippen molar-refractivity contribution in [2.75, 3.05) is 38.5 Å². The Hall–Kier alpha value is -1.53. The van der Waals surface area contributed by atoms with Crippen LogP contribution >= 0.6 is 11.8 Å². The fourth-order valence-corrected chi connectivity index (χ4v) is 2.92. The van der Waals surface area contributed by atoms with Crippen LogP contribution in [-0.4, -0.2) is 65.3 Å². The number of carboxylic acid groups (broad SMARTS) is 1. The van der Waals surface area contributed by atoms with Gasteiger partial charge in [-0.2, -0.15) is 0 Å². The first-order valence-corrected chi connectivity index (χ1v) is 7.53. The zero-order valence-corrected chi connectivity index (χ0v) is 12.0. The molecule has 0 aromatic heterocycles. The van der Waals surface area contributed by atoms with Crippen LogP contribution in [0.4, 0.5) is 0 Å². The van der Waals surface area contributed by atoms with Crippen molar-refractivity contribution in [1.82, 2.24) is 9.80 Å². The lowest BCUT2D eigenvalue weighted by molar-refractivity contribution is -0.139. The van der Waals surface area contributed by atoms with E-state index in [1.54, 1.807) is 0 Å². The molecule has 0 aliphatic carbocycles. The van der Waals surface area contributed by atoms with E-state index in [4.69, 9.17) is 5.11 Å². The van der Waals surface area contributed by atoms with Gasteiger partial charge in [0.05, 0.1) is 12.3 Å². The number of hydrogen-bond acceptors (Lipinski definition) is 4. The Morgan fingerprint density at radius 1 is 1.10 bits per heavy atom. The molecule has 108 valence electrons. The average Bonchev–Trinajstić information content (AvgIpc) is 2.46. The van der Waals surface area contributed by atoms with Crippen molar-refractivity contribution < 1.29 is 14.7 Å². The summed E-state index contributed by atoms with van der Waals surface area (Å²) in [6, 6.07) is 9.84. The molecule has 5 nitrogen and oxygen atoms in total. The smallest absolute Gasteiger partial charge is 0.317 e. The van der Waals surface area contributed by atoms with E-state index in [1.807, 2.05) is 40.1 Å². The Labute approximate surface area is 122 Å². The highest BCUT2D eigenvalue weighted by atomic mass is 32.2. The number of thioether (sulfide) groups is 1. The standard InChI is InChI=1S/C14H18N2O3S/c17-13(11-20-12-4-2-1-3-5-12)16-8-6-15(7-9-16)10-14(18)19/h1-5H,6-11H2,(H,18,19). The van der Waals surface area contributed by atoms with Crippen molar-refractivity contribution in [1.29, 1.82) is 0 Å². The minimum atomic E-state index is -0.815. The molecule has 2 rings (SSSR count). The second-order valence-corrected chi connectivity index (χ2v) is 5.70. The molecule has 1 N–H and O–H groups in total. The lowest BCUT2D eigenvalue weighted by Crippen LogP contribution is -2.50. The first-order chi connectivity index (χ1) is 9.65. The summed E-state index contributed by atoms with van der Waals surface area (Å²) in [7, 11) is 0. The van der Waals surface area contributed by atoms with Crippen LogP contribution in [-0.2, 0) is 9.59 Å². The SMILES string of the molecule is O=C(O)CN1CCN(C(=O)CSc2ccccc2)CC1. The summed E-state index contributed by atoms with van der Waals surface area (Å²) in [6.07, 6.45) is 0. The molecule has 1 amide bonds. The van der Waals surface area contributed by atoms with Gasteiger partial charge in [-0.05, 0) is 12.1 Å². The summed E-state index contributed by atoms with van der Waals surface area (Å²) >= 11 is 1.53. The Kier molecular flexibility index (Phi) is 5.43. The lowest BCUT2D eigenvalue weighted by Gasteiger charge is -2.33. The Bertz CT molecular complexity index is 459. The van der Waals surface area contributed by atoms with Crippen molar-refractivity contribution in [2.24, 2.45) is 0 Å². The first kappa shape index (κ1) is 14.9. The summed E-state index contributed by atoms with van der Waals surface area (Å²) in [4.78, 5) is 27.4. The van der Waals surface area contributed by atoms with E-state index in [2.05, 4.69) is 0 Å². The Balaban J connectivity index is 1.73. The monoisotopic (exact) mass is 294 g/mol. The van der Waals surface area contributed by atoms with Crippen LogP contribution < -0.4 is 0 Å². The van der Waals surface area contributed by atoms with Gasteiger partial charge in [0.15, 0.2) is 0 Å². The largest absolute Gasteiger partial charge is 0.480 e. The quantitative estimate of drug-likeness (QED) is 0.821. The number of rotatable bonds is 5. The molecule has 0 spiro atoms. The molecule has 0 bridgehead atoms. The number of piperazine rings is 1. The second-order valence-electron chi connectivity index (χ2n) is 4.65. The predicted octanol–water partition coefficient (Wildman–Crippen LogP) is 1.01. The van der Waals surface area contributed by atoms with Crippen LogP contribution in [0, 0.1) is 0 Å². The number of amides is 1. The van der Waals surface area contributed by atoms with Crippen LogP contribution in [0.2, 0.25) is 0 Å². The third-order valence-corrected chi connectivity index (χ3v) is 4.19. The highest BCUT2D eigenvalue weighted by Crippen LogP contribution is 2.17. The zero-order valence-electron chi connectivity index (χ0n) is 11.2. The molecular weight excluding hydrogens is 276 g/mol. The maximum absolute atomic E-state index is 12.1. The third kappa shape index (κ3) is 4.54. The molecule has 1 saturated heterocycles. The number of nitrogens with zero attached hydrogens (tertiary/aromatic N) is 2. The van der Waals surface area contributed by atoms with Crippen molar-refractivity contribution >= 4 is 23.6 Å². The average molecular weight is 294 g/mol. The number of benzene rings is 1. The van der Waals surface area contributed by atoms with Gasteiger partial charge in [-0.1, -0.05) is 18.2 Å². The van der Waals surface area contributed by atoms with E-state index in [1.165, 1.54) is 11.8 Å². The minimum absolute atomic E-state index is 0.0563. The van der Waals surface area contributed by atoms with Gasteiger partial charge < -0.3 is 10.0 Å². The van der Waals surface area contributed by atoms with E-state index in [0.717, 1.165) is 4.90 Å². The molecular formula is C14H18N2O3S. The molecule has 1 heterocycles. The van der Waals surface area contributed by atoms with E-state index >= 15 is 0 Å². The predicted molar refractivity (Wildman–Crippen MR) is 77.8 cm³/mol. The highest BCUT2D eigenvalue weighted by molar-refractivity contribution is 8.00. The Morgan fingerprint density at radius 3 is 2.35 bits per heavy atom. The first-order valence-electron chi connectivity index (χ1n) is 6.55. The van der Waals surface area contributed by atoms with Gasteiger partial charge in [-0.25, -0.2) is 0 Å². The van der Waals surface area contributed by atoms with Gasteiger partial charge >= 0.3 is 5.97 Å². The van der Waals surface area contributed by atoms with E-state index in [-0.39, 0.29) is 12.5 Å². The second kappa shape index (κ2) is 7.31. The van der Waals surface area contributed by atoms with Crippen LogP contribution in [0.15, 0.2) is 35.2 Å². The fraction of sp³-hybridized carbons (Fsp3) is 0.429. The van der Waals surface area contributed by atoms with Crippen molar-refractivity contribution in [3.8, 4) is 0 Å². The molecule has 0 atom stereocenters. The number of carboxylic acids is 1. The van der Waals surface area contributed by atoms with Gasteiger partial charge in [0, 0.05) is 31.1 Å². The number of carbonyl (C=O) groups excluding carboxylic acids is 1. The molecule has 1 fully saturated rings. The number of carbonyl (C=O) groups is 2. The minimum Gasteiger partial charge on any atom is -0.480 e. The molecule has 6 heteroatoms.